The van der Waals surface area contributed by atoms with Gasteiger partial charge in [-0.1, -0.05) is 17.7 Å². The number of likely N-dealkylation sites (N-methyl/N-ethyl adjacent to an activating group) is 1. The summed E-state index contributed by atoms with van der Waals surface area (Å²) in [4.78, 5) is 16.4. The van der Waals surface area contributed by atoms with Gasteiger partial charge in [0.2, 0.25) is 0 Å². The summed E-state index contributed by atoms with van der Waals surface area (Å²) >= 11 is 0. The van der Waals surface area contributed by atoms with E-state index in [1.165, 1.54) is 16.7 Å². The number of carbonyl (C=O) groups excluding carboxylic acids is 1. The fourth-order valence-electron chi connectivity index (χ4n) is 2.81. The second kappa shape index (κ2) is 7.51. The van der Waals surface area contributed by atoms with Crippen molar-refractivity contribution in [2.24, 2.45) is 5.10 Å². The molecule has 0 saturated carbocycles. The average Bonchev–Trinajstić information content (AvgIpc) is 2.44. The largest absolute Gasteiger partial charge is 0.304 e. The number of rotatable bonds is 4. The average molecular weight is 302 g/mol. The van der Waals surface area contributed by atoms with Gasteiger partial charge in [0.1, 0.15) is 0 Å². The molecule has 0 unspecified atom stereocenters. The highest BCUT2D eigenvalue weighted by atomic mass is 16.2. The maximum Gasteiger partial charge on any atom is 0.254 e. The first kappa shape index (κ1) is 16.6. The Labute approximate surface area is 133 Å². The third kappa shape index (κ3) is 4.64. The molecule has 1 aromatic carbocycles. The van der Waals surface area contributed by atoms with Crippen LogP contribution in [0.15, 0.2) is 17.2 Å². The Morgan fingerprint density at radius 2 is 1.77 bits per heavy atom. The Balaban J connectivity index is 1.86. The van der Waals surface area contributed by atoms with Crippen LogP contribution in [0, 0.1) is 20.8 Å². The number of benzene rings is 1. The van der Waals surface area contributed by atoms with Crippen LogP contribution in [0.4, 0.5) is 0 Å². The molecule has 0 radical (unpaired) electrons. The summed E-state index contributed by atoms with van der Waals surface area (Å²) in [5.41, 5.74) is 7.30. The first-order valence-electron chi connectivity index (χ1n) is 7.76. The van der Waals surface area contributed by atoms with Gasteiger partial charge in [0.25, 0.3) is 5.91 Å². The van der Waals surface area contributed by atoms with E-state index in [1.807, 2.05) is 0 Å². The first-order valence-corrected chi connectivity index (χ1v) is 7.76. The molecule has 1 N–H and O–H groups in total. The smallest absolute Gasteiger partial charge is 0.254 e. The number of piperazine rings is 1. The summed E-state index contributed by atoms with van der Waals surface area (Å²) < 4.78 is 0. The molecule has 22 heavy (non-hydrogen) atoms. The van der Waals surface area contributed by atoms with Crippen molar-refractivity contribution in [3.8, 4) is 0 Å². The predicted octanol–water partition coefficient (Wildman–Crippen LogP) is 1.31. The Morgan fingerprint density at radius 3 is 2.36 bits per heavy atom. The van der Waals surface area contributed by atoms with Crippen LogP contribution in [-0.4, -0.2) is 61.7 Å². The number of hydrazone groups is 1. The van der Waals surface area contributed by atoms with Crippen molar-refractivity contribution in [2.45, 2.75) is 20.8 Å². The van der Waals surface area contributed by atoms with E-state index < -0.39 is 0 Å². The van der Waals surface area contributed by atoms with Gasteiger partial charge >= 0.3 is 0 Å². The quantitative estimate of drug-likeness (QED) is 0.674. The minimum absolute atomic E-state index is 0.0526. The van der Waals surface area contributed by atoms with Crippen molar-refractivity contribution in [3.63, 3.8) is 0 Å². The third-order valence-corrected chi connectivity index (χ3v) is 4.08. The van der Waals surface area contributed by atoms with Crippen LogP contribution in [0.2, 0.25) is 0 Å². The molecule has 5 nitrogen and oxygen atoms in total. The summed E-state index contributed by atoms with van der Waals surface area (Å²) in [6.45, 7) is 10.5. The maximum absolute atomic E-state index is 11.9. The van der Waals surface area contributed by atoms with Crippen molar-refractivity contribution < 1.29 is 4.79 Å². The van der Waals surface area contributed by atoms with Gasteiger partial charge in [-0.25, -0.2) is 5.43 Å². The van der Waals surface area contributed by atoms with Crippen molar-refractivity contribution >= 4 is 12.1 Å². The molecule has 1 aliphatic heterocycles. The molecule has 1 saturated heterocycles. The minimum Gasteiger partial charge on any atom is -0.304 e. The normalized spacial score (nSPS) is 17.1. The lowest BCUT2D eigenvalue weighted by atomic mass is 10.0. The van der Waals surface area contributed by atoms with Gasteiger partial charge in [0.05, 0.1) is 12.8 Å². The van der Waals surface area contributed by atoms with E-state index in [1.54, 1.807) is 6.21 Å². The molecular formula is C17H26N4O. The molecule has 1 aromatic rings. The summed E-state index contributed by atoms with van der Waals surface area (Å²) in [6, 6.07) is 4.25. The number of nitrogens with one attached hydrogen (secondary N) is 1. The molecule has 0 spiro atoms. The molecule has 1 aliphatic rings. The van der Waals surface area contributed by atoms with E-state index in [-0.39, 0.29) is 5.91 Å². The molecule has 0 bridgehead atoms. The predicted molar refractivity (Wildman–Crippen MR) is 90.3 cm³/mol. The fourth-order valence-corrected chi connectivity index (χ4v) is 2.81. The molecular weight excluding hydrogens is 276 g/mol. The van der Waals surface area contributed by atoms with Crippen molar-refractivity contribution in [2.75, 3.05) is 39.8 Å². The summed E-state index contributed by atoms with van der Waals surface area (Å²) in [5, 5.41) is 4.11. The molecule has 0 atom stereocenters. The van der Waals surface area contributed by atoms with Crippen LogP contribution in [0.25, 0.3) is 0 Å². The zero-order valence-electron chi connectivity index (χ0n) is 14.0. The molecule has 2 rings (SSSR count). The first-order chi connectivity index (χ1) is 10.5. The van der Waals surface area contributed by atoms with Gasteiger partial charge in [-0.3, -0.25) is 9.69 Å². The van der Waals surface area contributed by atoms with E-state index in [2.05, 4.69) is 60.3 Å². The highest BCUT2D eigenvalue weighted by molar-refractivity contribution is 5.85. The Bertz CT molecular complexity index is 537. The number of carbonyl (C=O) groups is 1. The van der Waals surface area contributed by atoms with Crippen LogP contribution in [-0.2, 0) is 4.79 Å². The molecule has 0 aromatic heterocycles. The number of aryl methyl sites for hydroxylation is 3. The molecule has 1 fully saturated rings. The lowest BCUT2D eigenvalue weighted by molar-refractivity contribution is -0.122. The second-order valence-corrected chi connectivity index (χ2v) is 6.18. The zero-order valence-corrected chi connectivity index (χ0v) is 14.0. The van der Waals surface area contributed by atoms with Gasteiger partial charge in [0, 0.05) is 31.7 Å². The van der Waals surface area contributed by atoms with Gasteiger partial charge in [-0.2, -0.15) is 5.10 Å². The zero-order chi connectivity index (χ0) is 16.1. The molecule has 1 heterocycles. The highest BCUT2D eigenvalue weighted by Crippen LogP contribution is 2.13. The lowest BCUT2D eigenvalue weighted by Gasteiger charge is -2.31. The Kier molecular flexibility index (Phi) is 5.69. The topological polar surface area (TPSA) is 47.9 Å². The van der Waals surface area contributed by atoms with Gasteiger partial charge in [0.15, 0.2) is 0 Å². The number of nitrogens with zero attached hydrogens (tertiary/aromatic N) is 3. The van der Waals surface area contributed by atoms with Crippen LogP contribution in [0.1, 0.15) is 22.3 Å². The van der Waals surface area contributed by atoms with Crippen molar-refractivity contribution in [1.82, 2.24) is 15.2 Å². The molecule has 0 aliphatic carbocycles. The second-order valence-electron chi connectivity index (χ2n) is 6.18. The highest BCUT2D eigenvalue weighted by Gasteiger charge is 2.16. The SMILES string of the molecule is Cc1cc(C)c(/C=N/NC(=O)CN2CCN(C)CC2)c(C)c1. The van der Waals surface area contributed by atoms with Crippen LogP contribution in [0.5, 0.6) is 0 Å². The van der Waals surface area contributed by atoms with E-state index in [4.69, 9.17) is 0 Å². The van der Waals surface area contributed by atoms with E-state index in [9.17, 15) is 4.79 Å². The number of hydrogen-bond acceptors (Lipinski definition) is 4. The van der Waals surface area contributed by atoms with E-state index in [0.717, 1.165) is 31.7 Å². The lowest BCUT2D eigenvalue weighted by Crippen LogP contribution is -2.47. The third-order valence-electron chi connectivity index (χ3n) is 4.08. The summed E-state index contributed by atoms with van der Waals surface area (Å²) in [6.07, 6.45) is 1.74. The van der Waals surface area contributed by atoms with Gasteiger partial charge in [-0.15, -0.1) is 0 Å². The maximum atomic E-state index is 11.9. The van der Waals surface area contributed by atoms with Crippen LogP contribution < -0.4 is 5.43 Å². The monoisotopic (exact) mass is 302 g/mol. The standard InChI is InChI=1S/C17H26N4O/c1-13-9-14(2)16(15(3)10-13)11-18-19-17(22)12-21-7-5-20(4)6-8-21/h9-11H,5-8,12H2,1-4H3,(H,19,22)/b18-11+. The van der Waals surface area contributed by atoms with Gasteiger partial charge in [-0.05, 0) is 38.9 Å². The summed E-state index contributed by atoms with van der Waals surface area (Å²) in [5.74, 6) is -0.0526. The van der Waals surface area contributed by atoms with E-state index in [0.29, 0.717) is 6.54 Å². The number of amides is 1. The molecule has 1 amide bonds. The van der Waals surface area contributed by atoms with Crippen LogP contribution in [0.3, 0.4) is 0 Å². The van der Waals surface area contributed by atoms with E-state index >= 15 is 0 Å². The molecule has 120 valence electrons. The van der Waals surface area contributed by atoms with Crippen molar-refractivity contribution in [1.29, 1.82) is 0 Å². The Morgan fingerprint density at radius 1 is 1.18 bits per heavy atom. The fraction of sp³-hybridized carbons (Fsp3) is 0.529. The van der Waals surface area contributed by atoms with Gasteiger partial charge < -0.3 is 4.90 Å². The minimum atomic E-state index is -0.0526. The Hall–Kier alpha value is -1.72. The number of hydrogen-bond donors (Lipinski definition) is 1. The van der Waals surface area contributed by atoms with Crippen molar-refractivity contribution in [3.05, 3.63) is 34.4 Å². The molecule has 5 heteroatoms. The summed E-state index contributed by atoms with van der Waals surface area (Å²) in [7, 11) is 2.11. The van der Waals surface area contributed by atoms with Crippen LogP contribution >= 0.6 is 0 Å².